The summed E-state index contributed by atoms with van der Waals surface area (Å²) < 4.78 is 52.1. The minimum atomic E-state index is -4.48. The molecule has 1 aromatic carbocycles. The Labute approximate surface area is 174 Å². The van der Waals surface area contributed by atoms with Crippen LogP contribution < -0.4 is 5.32 Å². The molecule has 1 saturated carbocycles. The van der Waals surface area contributed by atoms with Crippen molar-refractivity contribution in [2.24, 2.45) is 0 Å². The minimum Gasteiger partial charge on any atom is -0.355 e. The number of nitrogens with zero attached hydrogens (tertiary/aromatic N) is 3. The van der Waals surface area contributed by atoms with Gasteiger partial charge in [0.25, 0.3) is 0 Å². The van der Waals surface area contributed by atoms with Gasteiger partial charge in [-0.25, -0.2) is 4.98 Å². The molecule has 0 amide bonds. The highest BCUT2D eigenvalue weighted by Gasteiger charge is 2.36. The Bertz CT molecular complexity index is 1090. The Morgan fingerprint density at radius 2 is 1.90 bits per heavy atom. The fourth-order valence-corrected chi connectivity index (χ4v) is 4.30. The molecule has 1 saturated heterocycles. The molecule has 3 heterocycles. The summed E-state index contributed by atoms with van der Waals surface area (Å²) in [5, 5.41) is 12.8. The molecule has 2 aromatic heterocycles. The van der Waals surface area contributed by atoms with Gasteiger partial charge in [-0.1, -0.05) is 11.3 Å². The van der Waals surface area contributed by atoms with E-state index in [4.69, 9.17) is 9.47 Å². The van der Waals surface area contributed by atoms with E-state index in [-0.39, 0.29) is 17.7 Å². The molecule has 0 unspecified atom stereocenters. The average Bonchev–Trinajstić information content (AvgIpc) is 3.22. The molecule has 10 heteroatoms. The van der Waals surface area contributed by atoms with E-state index < -0.39 is 11.7 Å². The molecular formula is C20H19F3N4O2S. The van der Waals surface area contributed by atoms with Crippen molar-refractivity contribution in [2.45, 2.75) is 38.1 Å². The van der Waals surface area contributed by atoms with Gasteiger partial charge >= 0.3 is 6.18 Å². The minimum absolute atomic E-state index is 0.0423. The predicted molar refractivity (Wildman–Crippen MR) is 107 cm³/mol. The van der Waals surface area contributed by atoms with E-state index in [1.54, 1.807) is 13.0 Å². The van der Waals surface area contributed by atoms with Gasteiger partial charge in [-0.3, -0.25) is 0 Å². The number of aryl methyl sites for hydroxylation is 1. The second kappa shape index (κ2) is 7.44. The van der Waals surface area contributed by atoms with Crippen LogP contribution in [0.15, 0.2) is 18.2 Å². The molecule has 158 valence electrons. The van der Waals surface area contributed by atoms with Crippen LogP contribution in [0.3, 0.4) is 0 Å². The van der Waals surface area contributed by atoms with Crippen LogP contribution >= 0.6 is 11.3 Å². The van der Waals surface area contributed by atoms with Crippen LogP contribution in [-0.4, -0.2) is 41.2 Å². The summed E-state index contributed by atoms with van der Waals surface area (Å²) in [6, 6.07) is 4.88. The summed E-state index contributed by atoms with van der Waals surface area (Å²) >= 11 is 1.23. The maximum atomic E-state index is 13.8. The summed E-state index contributed by atoms with van der Waals surface area (Å²) in [5.41, 5.74) is 1.12. The SMILES string of the molecule is Cc1cc(-c2nnc(NCC3OCCO3)s2)nc2c(C(F)(F)F)cc(C3CC3)cc12. The number of hydrogen-bond donors (Lipinski definition) is 1. The van der Waals surface area contributed by atoms with Crippen LogP contribution in [0.5, 0.6) is 0 Å². The highest BCUT2D eigenvalue weighted by molar-refractivity contribution is 7.18. The first-order valence-electron chi connectivity index (χ1n) is 9.72. The van der Waals surface area contributed by atoms with Gasteiger partial charge in [0.05, 0.1) is 30.8 Å². The largest absolute Gasteiger partial charge is 0.418 e. The molecule has 0 spiro atoms. The zero-order valence-electron chi connectivity index (χ0n) is 16.1. The van der Waals surface area contributed by atoms with Gasteiger partial charge in [0.2, 0.25) is 5.13 Å². The Kier molecular flexibility index (Phi) is 4.87. The second-order valence-corrected chi connectivity index (χ2v) is 8.50. The normalized spacial score (nSPS) is 17.7. The van der Waals surface area contributed by atoms with Gasteiger partial charge in [-0.15, -0.1) is 10.2 Å². The molecule has 0 atom stereocenters. The first kappa shape index (κ1) is 19.7. The summed E-state index contributed by atoms with van der Waals surface area (Å²) in [6.07, 6.45) is -2.94. The number of pyridine rings is 1. The molecule has 1 aliphatic carbocycles. The number of fused-ring (bicyclic) bond motifs is 1. The summed E-state index contributed by atoms with van der Waals surface area (Å²) in [5.74, 6) is 0.221. The zero-order chi connectivity index (χ0) is 20.9. The van der Waals surface area contributed by atoms with Crippen molar-refractivity contribution >= 4 is 27.4 Å². The molecule has 1 aliphatic heterocycles. The van der Waals surface area contributed by atoms with Crippen molar-refractivity contribution in [3.8, 4) is 10.7 Å². The summed E-state index contributed by atoms with van der Waals surface area (Å²) in [4.78, 5) is 4.36. The van der Waals surface area contributed by atoms with Crippen molar-refractivity contribution in [3.05, 3.63) is 34.9 Å². The lowest BCUT2D eigenvalue weighted by Crippen LogP contribution is -2.20. The Morgan fingerprint density at radius 3 is 2.60 bits per heavy atom. The van der Waals surface area contributed by atoms with Gasteiger partial charge in [0, 0.05) is 5.39 Å². The number of hydrogen-bond acceptors (Lipinski definition) is 7. The number of alkyl halides is 3. The maximum Gasteiger partial charge on any atom is 0.418 e. The molecule has 30 heavy (non-hydrogen) atoms. The first-order valence-corrected chi connectivity index (χ1v) is 10.5. The first-order chi connectivity index (χ1) is 14.4. The molecule has 6 nitrogen and oxygen atoms in total. The number of aromatic nitrogens is 3. The van der Waals surface area contributed by atoms with Crippen molar-refractivity contribution < 1.29 is 22.6 Å². The van der Waals surface area contributed by atoms with Crippen LogP contribution in [-0.2, 0) is 15.7 Å². The van der Waals surface area contributed by atoms with Gasteiger partial charge in [0.15, 0.2) is 11.3 Å². The Morgan fingerprint density at radius 1 is 1.13 bits per heavy atom. The molecule has 5 rings (SSSR count). The summed E-state index contributed by atoms with van der Waals surface area (Å²) in [7, 11) is 0. The van der Waals surface area contributed by atoms with Crippen LogP contribution in [0, 0.1) is 6.92 Å². The van der Waals surface area contributed by atoms with Crippen LogP contribution in [0.1, 0.15) is 35.4 Å². The van der Waals surface area contributed by atoms with Gasteiger partial charge in [-0.2, -0.15) is 13.2 Å². The van der Waals surface area contributed by atoms with Crippen molar-refractivity contribution in [1.82, 2.24) is 15.2 Å². The number of benzene rings is 1. The Hall–Kier alpha value is -2.30. The predicted octanol–water partition coefficient (Wildman–Crippen LogP) is 4.74. The van der Waals surface area contributed by atoms with Crippen LogP contribution in [0.4, 0.5) is 18.3 Å². The number of nitrogens with one attached hydrogen (secondary N) is 1. The quantitative estimate of drug-likeness (QED) is 0.623. The fourth-order valence-electron chi connectivity index (χ4n) is 3.59. The lowest BCUT2D eigenvalue weighted by atomic mass is 9.98. The third kappa shape index (κ3) is 3.86. The standard InChI is InChI=1S/C20H19F3N4O2S/c1-10-6-15(18-26-27-19(30-18)24-9-16-28-4-5-29-16)25-17-13(10)7-12(11-2-3-11)8-14(17)20(21,22)23/h6-8,11,16H,2-5,9H2,1H3,(H,24,27). The van der Waals surface area contributed by atoms with Crippen LogP contribution in [0.2, 0.25) is 0 Å². The highest BCUT2D eigenvalue weighted by Crippen LogP contribution is 2.45. The monoisotopic (exact) mass is 436 g/mol. The van der Waals surface area contributed by atoms with Crippen molar-refractivity contribution in [1.29, 1.82) is 0 Å². The molecular weight excluding hydrogens is 417 g/mol. The zero-order valence-corrected chi connectivity index (χ0v) is 16.9. The molecule has 0 bridgehead atoms. The van der Waals surface area contributed by atoms with Crippen molar-refractivity contribution in [3.63, 3.8) is 0 Å². The van der Waals surface area contributed by atoms with E-state index in [9.17, 15) is 13.2 Å². The Balaban J connectivity index is 1.50. The smallest absolute Gasteiger partial charge is 0.355 e. The average molecular weight is 436 g/mol. The number of ether oxygens (including phenoxy) is 2. The third-order valence-electron chi connectivity index (χ3n) is 5.25. The number of rotatable bonds is 5. The second-order valence-electron chi connectivity index (χ2n) is 7.53. The summed E-state index contributed by atoms with van der Waals surface area (Å²) in [6.45, 7) is 3.33. The molecule has 0 radical (unpaired) electrons. The van der Waals surface area contributed by atoms with E-state index in [1.807, 2.05) is 6.07 Å². The lowest BCUT2D eigenvalue weighted by molar-refractivity contribution is -0.136. The molecule has 2 fully saturated rings. The van der Waals surface area contributed by atoms with Gasteiger partial charge in [-0.05, 0) is 55.0 Å². The van der Waals surface area contributed by atoms with E-state index in [2.05, 4.69) is 20.5 Å². The number of anilines is 1. The van der Waals surface area contributed by atoms with Gasteiger partial charge in [0.1, 0.15) is 5.69 Å². The van der Waals surface area contributed by atoms with E-state index in [0.717, 1.165) is 24.0 Å². The molecule has 3 aromatic rings. The molecule has 2 aliphatic rings. The van der Waals surface area contributed by atoms with E-state index in [1.165, 1.54) is 17.4 Å². The highest BCUT2D eigenvalue weighted by atomic mass is 32.1. The topological polar surface area (TPSA) is 69.2 Å². The van der Waals surface area contributed by atoms with Crippen LogP contribution in [0.25, 0.3) is 21.6 Å². The fraction of sp³-hybridized carbons (Fsp3) is 0.450. The number of halogens is 3. The third-order valence-corrected chi connectivity index (χ3v) is 6.16. The van der Waals surface area contributed by atoms with E-state index >= 15 is 0 Å². The van der Waals surface area contributed by atoms with Gasteiger partial charge < -0.3 is 14.8 Å². The van der Waals surface area contributed by atoms with Crippen molar-refractivity contribution in [2.75, 3.05) is 25.1 Å². The molecule has 1 N–H and O–H groups in total. The lowest BCUT2D eigenvalue weighted by Gasteiger charge is -2.14. The maximum absolute atomic E-state index is 13.8. The van der Waals surface area contributed by atoms with E-state index in [0.29, 0.717) is 41.0 Å².